The molecule has 0 aliphatic heterocycles. The lowest BCUT2D eigenvalue weighted by Gasteiger charge is -2.23. The molecule has 0 heterocycles. The Bertz CT molecular complexity index is 791. The van der Waals surface area contributed by atoms with Gasteiger partial charge in [-0.25, -0.2) is 0 Å². The van der Waals surface area contributed by atoms with Crippen molar-refractivity contribution in [3.05, 3.63) is 57.6 Å². The van der Waals surface area contributed by atoms with Crippen LogP contribution in [0.25, 0.3) is 0 Å². The Hall–Kier alpha value is -2.04. The summed E-state index contributed by atoms with van der Waals surface area (Å²) < 4.78 is 0. The number of hydrogen-bond donors (Lipinski definition) is 1. The Kier molecular flexibility index (Phi) is 5.86. The van der Waals surface area contributed by atoms with Crippen LogP contribution in [-0.2, 0) is 9.59 Å². The predicted octanol–water partition coefficient (Wildman–Crippen LogP) is 4.60. The van der Waals surface area contributed by atoms with Gasteiger partial charge in [-0.3, -0.25) is 9.59 Å². The second kappa shape index (κ2) is 7.69. The number of nitrogens with zero attached hydrogens (tertiary/aromatic N) is 1. The minimum absolute atomic E-state index is 0.109. The normalized spacial score (nSPS) is 10.4. The van der Waals surface area contributed by atoms with Crippen molar-refractivity contribution in [1.82, 2.24) is 0 Å². The molecule has 0 unspecified atom stereocenters. The van der Waals surface area contributed by atoms with Crippen molar-refractivity contribution in [2.45, 2.75) is 20.8 Å². The molecule has 0 bridgehead atoms. The summed E-state index contributed by atoms with van der Waals surface area (Å²) in [6.45, 7) is 4.99. The topological polar surface area (TPSA) is 49.4 Å². The van der Waals surface area contributed by atoms with E-state index in [4.69, 9.17) is 23.2 Å². The molecule has 0 atom stereocenters. The van der Waals surface area contributed by atoms with Gasteiger partial charge in [-0.05, 0) is 49.2 Å². The third kappa shape index (κ3) is 4.28. The van der Waals surface area contributed by atoms with Crippen molar-refractivity contribution < 1.29 is 9.59 Å². The SMILES string of the molecule is CC(=O)N(CC(=O)Nc1cc(Cl)ccc1C)c1cccc(Cl)c1C. The molecule has 2 rings (SSSR count). The van der Waals surface area contributed by atoms with Crippen LogP contribution in [0.15, 0.2) is 36.4 Å². The molecule has 2 aromatic carbocycles. The lowest BCUT2D eigenvalue weighted by molar-refractivity contribution is -0.120. The number of rotatable bonds is 4. The molecule has 1 N–H and O–H groups in total. The number of nitrogens with one attached hydrogen (secondary N) is 1. The molecule has 0 spiro atoms. The number of halogens is 2. The number of amides is 2. The number of aryl methyl sites for hydroxylation is 1. The highest BCUT2D eigenvalue weighted by atomic mass is 35.5. The summed E-state index contributed by atoms with van der Waals surface area (Å²) in [5.41, 5.74) is 2.88. The predicted molar refractivity (Wildman–Crippen MR) is 99.0 cm³/mol. The van der Waals surface area contributed by atoms with Crippen molar-refractivity contribution in [3.63, 3.8) is 0 Å². The van der Waals surface area contributed by atoms with Gasteiger partial charge in [-0.2, -0.15) is 0 Å². The average molecular weight is 365 g/mol. The summed E-state index contributed by atoms with van der Waals surface area (Å²) in [7, 11) is 0. The van der Waals surface area contributed by atoms with E-state index in [9.17, 15) is 9.59 Å². The summed E-state index contributed by atoms with van der Waals surface area (Å²) in [6.07, 6.45) is 0. The Morgan fingerprint density at radius 1 is 1.12 bits per heavy atom. The largest absolute Gasteiger partial charge is 0.324 e. The first-order chi connectivity index (χ1) is 11.3. The first-order valence-electron chi connectivity index (χ1n) is 7.39. The van der Waals surface area contributed by atoms with Crippen LogP contribution in [0.2, 0.25) is 10.0 Å². The molecule has 126 valence electrons. The highest BCUT2D eigenvalue weighted by Crippen LogP contribution is 2.27. The number of carbonyl (C=O) groups is 2. The van der Waals surface area contributed by atoms with Crippen molar-refractivity contribution in [2.24, 2.45) is 0 Å². The molecule has 0 saturated carbocycles. The summed E-state index contributed by atoms with van der Waals surface area (Å²) in [4.78, 5) is 25.8. The molecule has 4 nitrogen and oxygen atoms in total. The maximum absolute atomic E-state index is 12.4. The third-order valence-corrected chi connectivity index (χ3v) is 4.33. The highest BCUT2D eigenvalue weighted by Gasteiger charge is 2.19. The van der Waals surface area contributed by atoms with E-state index >= 15 is 0 Å². The zero-order valence-corrected chi connectivity index (χ0v) is 15.2. The molecule has 0 saturated heterocycles. The summed E-state index contributed by atoms with van der Waals surface area (Å²) >= 11 is 12.1. The minimum atomic E-state index is -0.310. The van der Waals surface area contributed by atoms with Crippen LogP contribution in [0.4, 0.5) is 11.4 Å². The van der Waals surface area contributed by atoms with E-state index in [0.29, 0.717) is 21.4 Å². The lowest BCUT2D eigenvalue weighted by Crippen LogP contribution is -2.37. The standard InChI is InChI=1S/C18H18Cl2N2O2/c1-11-7-8-14(19)9-16(11)21-18(24)10-22(13(3)23)17-6-4-5-15(20)12(17)2/h4-9H,10H2,1-3H3,(H,21,24). The average Bonchev–Trinajstić information content (AvgIpc) is 2.51. The van der Waals surface area contributed by atoms with Gasteiger partial charge in [0.25, 0.3) is 0 Å². The molecule has 0 fully saturated rings. The summed E-state index contributed by atoms with van der Waals surface area (Å²) in [5, 5.41) is 3.87. The summed E-state index contributed by atoms with van der Waals surface area (Å²) in [6, 6.07) is 10.5. The highest BCUT2D eigenvalue weighted by molar-refractivity contribution is 6.32. The molecule has 24 heavy (non-hydrogen) atoms. The van der Waals surface area contributed by atoms with Crippen molar-refractivity contribution in [1.29, 1.82) is 0 Å². The fourth-order valence-electron chi connectivity index (χ4n) is 2.32. The van der Waals surface area contributed by atoms with Gasteiger partial charge in [-0.15, -0.1) is 0 Å². The zero-order chi connectivity index (χ0) is 17.9. The van der Waals surface area contributed by atoms with Crippen molar-refractivity contribution >= 4 is 46.4 Å². The maximum Gasteiger partial charge on any atom is 0.244 e. The molecule has 0 aromatic heterocycles. The Balaban J connectivity index is 2.22. The van der Waals surface area contributed by atoms with E-state index in [2.05, 4.69) is 5.32 Å². The fraction of sp³-hybridized carbons (Fsp3) is 0.222. The fourth-order valence-corrected chi connectivity index (χ4v) is 2.66. The van der Waals surface area contributed by atoms with Crippen molar-refractivity contribution in [3.8, 4) is 0 Å². The van der Waals surface area contributed by atoms with Crippen LogP contribution in [-0.4, -0.2) is 18.4 Å². The van der Waals surface area contributed by atoms with Gasteiger partial charge in [0.1, 0.15) is 6.54 Å². The maximum atomic E-state index is 12.4. The van der Waals surface area contributed by atoms with E-state index in [0.717, 1.165) is 11.1 Å². The smallest absolute Gasteiger partial charge is 0.244 e. The summed E-state index contributed by atoms with van der Waals surface area (Å²) in [5.74, 6) is -0.548. The second-order valence-corrected chi connectivity index (χ2v) is 6.34. The number of anilines is 2. The third-order valence-electron chi connectivity index (χ3n) is 3.69. The van der Waals surface area contributed by atoms with Crippen LogP contribution in [0.1, 0.15) is 18.1 Å². The molecule has 6 heteroatoms. The van der Waals surface area contributed by atoms with E-state index in [1.807, 2.05) is 19.9 Å². The second-order valence-electron chi connectivity index (χ2n) is 5.50. The molecule has 0 aliphatic rings. The van der Waals surface area contributed by atoms with Gasteiger partial charge in [0, 0.05) is 28.3 Å². The molecular weight excluding hydrogens is 347 g/mol. The van der Waals surface area contributed by atoms with Gasteiger partial charge in [0.2, 0.25) is 11.8 Å². The first kappa shape index (κ1) is 18.3. The minimum Gasteiger partial charge on any atom is -0.324 e. The van der Waals surface area contributed by atoms with E-state index in [-0.39, 0.29) is 18.4 Å². The number of carbonyl (C=O) groups excluding carboxylic acids is 2. The molecule has 0 radical (unpaired) electrons. The Labute approximate surface area is 151 Å². The van der Waals surface area contributed by atoms with E-state index in [1.54, 1.807) is 30.3 Å². The van der Waals surface area contributed by atoms with Gasteiger partial charge >= 0.3 is 0 Å². The molecule has 2 amide bonds. The van der Waals surface area contributed by atoms with E-state index < -0.39 is 0 Å². The Morgan fingerprint density at radius 3 is 2.50 bits per heavy atom. The molecule has 0 aliphatic carbocycles. The quantitative estimate of drug-likeness (QED) is 0.861. The zero-order valence-electron chi connectivity index (χ0n) is 13.7. The number of hydrogen-bond acceptors (Lipinski definition) is 2. The lowest BCUT2D eigenvalue weighted by atomic mass is 10.1. The first-order valence-corrected chi connectivity index (χ1v) is 8.14. The van der Waals surface area contributed by atoms with Gasteiger partial charge < -0.3 is 10.2 Å². The van der Waals surface area contributed by atoms with Crippen LogP contribution >= 0.6 is 23.2 Å². The molecular formula is C18H18Cl2N2O2. The van der Waals surface area contributed by atoms with Gasteiger partial charge in [-0.1, -0.05) is 35.3 Å². The van der Waals surface area contributed by atoms with Crippen LogP contribution < -0.4 is 10.2 Å². The van der Waals surface area contributed by atoms with Crippen LogP contribution in [0.3, 0.4) is 0 Å². The van der Waals surface area contributed by atoms with Crippen LogP contribution in [0, 0.1) is 13.8 Å². The monoisotopic (exact) mass is 364 g/mol. The molecule has 2 aromatic rings. The van der Waals surface area contributed by atoms with E-state index in [1.165, 1.54) is 11.8 Å². The van der Waals surface area contributed by atoms with Gasteiger partial charge in [0.05, 0.1) is 0 Å². The van der Waals surface area contributed by atoms with Gasteiger partial charge in [0.15, 0.2) is 0 Å². The van der Waals surface area contributed by atoms with Crippen molar-refractivity contribution in [2.75, 3.05) is 16.8 Å². The van der Waals surface area contributed by atoms with Crippen LogP contribution in [0.5, 0.6) is 0 Å². The number of benzene rings is 2. The Morgan fingerprint density at radius 2 is 1.83 bits per heavy atom.